The maximum Gasteiger partial charge on any atom is 0.124 e. The van der Waals surface area contributed by atoms with Crippen LogP contribution in [0.3, 0.4) is 0 Å². The molecule has 1 aromatic carbocycles. The van der Waals surface area contributed by atoms with E-state index in [1.807, 2.05) is 25.1 Å². The molecule has 0 radical (unpaired) electrons. The van der Waals surface area contributed by atoms with E-state index in [1.165, 1.54) is 0 Å². The van der Waals surface area contributed by atoms with Crippen LogP contribution in [0.25, 0.3) is 0 Å². The van der Waals surface area contributed by atoms with Crippen molar-refractivity contribution in [1.29, 1.82) is 5.41 Å². The molecule has 0 saturated carbocycles. The molecule has 5 heteroatoms. The number of nitrogens with zero attached hydrogens (tertiary/aromatic N) is 1. The number of ether oxygens (including phenoxy) is 2. The zero-order valence-corrected chi connectivity index (χ0v) is 12.2. The summed E-state index contributed by atoms with van der Waals surface area (Å²) in [6.45, 7) is 4.63. The minimum atomic E-state index is 0.0922. The van der Waals surface area contributed by atoms with Gasteiger partial charge in [-0.05, 0) is 31.9 Å². The van der Waals surface area contributed by atoms with Crippen LogP contribution in [0.2, 0.25) is 0 Å². The minimum absolute atomic E-state index is 0.0922. The number of nitrogens with two attached hydrogens (primary N) is 1. The van der Waals surface area contributed by atoms with Gasteiger partial charge in [0.25, 0.3) is 0 Å². The molecular formula is C15H23N3O2. The third kappa shape index (κ3) is 3.22. The van der Waals surface area contributed by atoms with Crippen LogP contribution in [0.15, 0.2) is 18.2 Å². The van der Waals surface area contributed by atoms with E-state index in [0.717, 1.165) is 49.5 Å². The molecule has 0 aliphatic carbocycles. The molecule has 3 N–H and O–H groups in total. The van der Waals surface area contributed by atoms with E-state index in [0.29, 0.717) is 6.10 Å². The lowest BCUT2D eigenvalue weighted by molar-refractivity contribution is 0.0459. The SMILES string of the molecule is CCOC1CCN(c2cc(OC)ccc2C(=N)N)CC1. The number of amidine groups is 1. The lowest BCUT2D eigenvalue weighted by Gasteiger charge is -2.34. The average Bonchev–Trinajstić information content (AvgIpc) is 2.47. The van der Waals surface area contributed by atoms with Crippen molar-refractivity contribution >= 4 is 11.5 Å². The molecule has 2 rings (SSSR count). The first-order valence-corrected chi connectivity index (χ1v) is 7.04. The van der Waals surface area contributed by atoms with Crippen LogP contribution < -0.4 is 15.4 Å². The van der Waals surface area contributed by atoms with Crippen LogP contribution in [0.1, 0.15) is 25.3 Å². The van der Waals surface area contributed by atoms with Crippen molar-refractivity contribution in [3.63, 3.8) is 0 Å². The number of rotatable bonds is 5. The summed E-state index contributed by atoms with van der Waals surface area (Å²) < 4.78 is 10.9. The summed E-state index contributed by atoms with van der Waals surface area (Å²) in [4.78, 5) is 2.26. The second-order valence-corrected chi connectivity index (χ2v) is 4.94. The number of piperidine rings is 1. The first kappa shape index (κ1) is 14.7. The molecule has 1 aromatic rings. The van der Waals surface area contributed by atoms with Gasteiger partial charge >= 0.3 is 0 Å². The summed E-state index contributed by atoms with van der Waals surface area (Å²) in [6.07, 6.45) is 2.35. The van der Waals surface area contributed by atoms with Crippen LogP contribution >= 0.6 is 0 Å². The number of anilines is 1. The maximum absolute atomic E-state index is 7.71. The lowest BCUT2D eigenvalue weighted by atomic mass is 10.0. The monoisotopic (exact) mass is 277 g/mol. The fraction of sp³-hybridized carbons (Fsp3) is 0.533. The zero-order valence-electron chi connectivity index (χ0n) is 12.2. The first-order valence-electron chi connectivity index (χ1n) is 7.04. The summed E-state index contributed by atoms with van der Waals surface area (Å²) in [5.74, 6) is 0.881. The van der Waals surface area contributed by atoms with Gasteiger partial charge in [0, 0.05) is 31.3 Å². The predicted molar refractivity (Wildman–Crippen MR) is 80.9 cm³/mol. The van der Waals surface area contributed by atoms with Crippen LogP contribution in [0.5, 0.6) is 5.75 Å². The Hall–Kier alpha value is -1.75. The van der Waals surface area contributed by atoms with Crippen molar-refractivity contribution in [3.8, 4) is 5.75 Å². The highest BCUT2D eigenvalue weighted by Crippen LogP contribution is 2.29. The smallest absolute Gasteiger partial charge is 0.124 e. The summed E-state index contributed by atoms with van der Waals surface area (Å²) in [5.41, 5.74) is 7.42. The quantitative estimate of drug-likeness (QED) is 0.638. The fourth-order valence-electron chi connectivity index (χ4n) is 2.63. The Morgan fingerprint density at radius 3 is 2.65 bits per heavy atom. The van der Waals surface area contributed by atoms with Crippen LogP contribution in [-0.2, 0) is 4.74 Å². The van der Waals surface area contributed by atoms with Crippen LogP contribution in [-0.4, -0.2) is 38.7 Å². The van der Waals surface area contributed by atoms with Gasteiger partial charge in [0.2, 0.25) is 0 Å². The fourth-order valence-corrected chi connectivity index (χ4v) is 2.63. The molecule has 0 bridgehead atoms. The number of nitrogen functional groups attached to an aromatic ring is 1. The number of hydrogen-bond donors (Lipinski definition) is 2. The van der Waals surface area contributed by atoms with E-state index in [4.69, 9.17) is 20.6 Å². The summed E-state index contributed by atoms with van der Waals surface area (Å²) in [5, 5.41) is 7.71. The number of benzene rings is 1. The third-order valence-corrected chi connectivity index (χ3v) is 3.68. The average molecular weight is 277 g/mol. The molecule has 5 nitrogen and oxygen atoms in total. The maximum atomic E-state index is 7.71. The molecule has 1 aliphatic heterocycles. The van der Waals surface area contributed by atoms with Gasteiger partial charge in [-0.1, -0.05) is 0 Å². The highest BCUT2D eigenvalue weighted by Gasteiger charge is 2.22. The standard InChI is InChI=1S/C15H23N3O2/c1-3-20-11-6-8-18(9-7-11)14-10-12(19-2)4-5-13(14)15(16)17/h4-5,10-11H,3,6-9H2,1-2H3,(H3,16,17). The second kappa shape index (κ2) is 6.61. The summed E-state index contributed by atoms with van der Waals surface area (Å²) in [7, 11) is 1.65. The Kier molecular flexibility index (Phi) is 4.84. The van der Waals surface area contributed by atoms with Gasteiger partial charge < -0.3 is 20.1 Å². The normalized spacial score (nSPS) is 16.2. The van der Waals surface area contributed by atoms with E-state index < -0.39 is 0 Å². The van der Waals surface area contributed by atoms with Gasteiger partial charge in [0.1, 0.15) is 11.6 Å². The highest BCUT2D eigenvalue weighted by molar-refractivity contribution is 6.00. The Morgan fingerprint density at radius 1 is 1.40 bits per heavy atom. The number of methoxy groups -OCH3 is 1. The molecule has 0 unspecified atom stereocenters. The minimum Gasteiger partial charge on any atom is -0.497 e. The van der Waals surface area contributed by atoms with Gasteiger partial charge in [-0.15, -0.1) is 0 Å². The number of nitrogens with one attached hydrogen (secondary N) is 1. The topological polar surface area (TPSA) is 71.6 Å². The van der Waals surface area contributed by atoms with Crippen molar-refractivity contribution in [3.05, 3.63) is 23.8 Å². The molecule has 0 atom stereocenters. The molecule has 1 fully saturated rings. The second-order valence-electron chi connectivity index (χ2n) is 4.94. The molecule has 20 heavy (non-hydrogen) atoms. The molecule has 1 saturated heterocycles. The van der Waals surface area contributed by atoms with Crippen molar-refractivity contribution in [2.45, 2.75) is 25.9 Å². The zero-order chi connectivity index (χ0) is 14.5. The largest absolute Gasteiger partial charge is 0.497 e. The molecular weight excluding hydrogens is 254 g/mol. The summed E-state index contributed by atoms with van der Waals surface area (Å²) >= 11 is 0. The van der Waals surface area contributed by atoms with Crippen molar-refractivity contribution in [2.75, 3.05) is 31.7 Å². The first-order chi connectivity index (χ1) is 9.65. The predicted octanol–water partition coefficient (Wildman–Crippen LogP) is 1.98. The van der Waals surface area contributed by atoms with E-state index in [9.17, 15) is 0 Å². The Bertz CT molecular complexity index is 468. The molecule has 110 valence electrons. The van der Waals surface area contributed by atoms with E-state index in [1.54, 1.807) is 7.11 Å². The third-order valence-electron chi connectivity index (χ3n) is 3.68. The van der Waals surface area contributed by atoms with E-state index in [2.05, 4.69) is 4.90 Å². The molecule has 0 amide bonds. The summed E-state index contributed by atoms with van der Waals surface area (Å²) in [6, 6.07) is 5.65. The van der Waals surface area contributed by atoms with Gasteiger partial charge in [-0.3, -0.25) is 5.41 Å². The molecule has 0 spiro atoms. The Balaban J connectivity index is 2.17. The molecule has 1 aliphatic rings. The van der Waals surface area contributed by atoms with Crippen molar-refractivity contribution in [1.82, 2.24) is 0 Å². The van der Waals surface area contributed by atoms with E-state index >= 15 is 0 Å². The van der Waals surface area contributed by atoms with Crippen LogP contribution in [0.4, 0.5) is 5.69 Å². The van der Waals surface area contributed by atoms with Gasteiger partial charge in [-0.25, -0.2) is 0 Å². The highest BCUT2D eigenvalue weighted by atomic mass is 16.5. The van der Waals surface area contributed by atoms with Crippen LogP contribution in [0, 0.1) is 5.41 Å². The van der Waals surface area contributed by atoms with Crippen molar-refractivity contribution in [2.24, 2.45) is 5.73 Å². The van der Waals surface area contributed by atoms with Gasteiger partial charge in [0.15, 0.2) is 0 Å². The molecule has 1 heterocycles. The Labute approximate surface area is 120 Å². The van der Waals surface area contributed by atoms with Gasteiger partial charge in [0.05, 0.1) is 18.9 Å². The molecule has 0 aromatic heterocycles. The van der Waals surface area contributed by atoms with E-state index in [-0.39, 0.29) is 5.84 Å². The lowest BCUT2D eigenvalue weighted by Crippen LogP contribution is -2.38. The van der Waals surface area contributed by atoms with Gasteiger partial charge in [-0.2, -0.15) is 0 Å². The van der Waals surface area contributed by atoms with Crippen molar-refractivity contribution < 1.29 is 9.47 Å². The number of hydrogen-bond acceptors (Lipinski definition) is 4. The Morgan fingerprint density at radius 2 is 2.10 bits per heavy atom.